The lowest BCUT2D eigenvalue weighted by atomic mass is 9.93. The van der Waals surface area contributed by atoms with Crippen LogP contribution in [0.2, 0.25) is 0 Å². The molecule has 0 saturated carbocycles. The molecule has 1 amide bonds. The molecule has 36 heavy (non-hydrogen) atoms. The standard InChI is InChI=1S/C28H26N4O4/c1-28-25(35-3)15(29-2)12-18(36-28)31-16-10-6-4-8-13(16)19-21-22(27(34)30-26(21)33)20-14-9-5-7-11-17(14)32(28)24(20)23(19)31/h4-11,15,18,25,27,29,34H,12H2,1-3H3,(H,30,33)/t15-,18+,25-,27+,28+/m0/s1. The highest BCUT2D eigenvalue weighted by Crippen LogP contribution is 2.54. The number of para-hydroxylation sites is 2. The summed E-state index contributed by atoms with van der Waals surface area (Å²) in [6, 6.07) is 16.4. The number of likely N-dealkylation sites (N-methyl/N-ethyl adjacent to an activating group) is 1. The Hall–Kier alpha value is -3.43. The number of nitrogens with zero attached hydrogens (tertiary/aromatic N) is 2. The number of fused-ring (bicyclic) bond motifs is 13. The van der Waals surface area contributed by atoms with Crippen molar-refractivity contribution in [2.45, 2.75) is 43.7 Å². The zero-order chi connectivity index (χ0) is 24.5. The van der Waals surface area contributed by atoms with Gasteiger partial charge in [0.15, 0.2) is 12.0 Å². The lowest BCUT2D eigenvalue weighted by molar-refractivity contribution is -0.256. The van der Waals surface area contributed by atoms with E-state index in [0.717, 1.165) is 43.6 Å². The summed E-state index contributed by atoms with van der Waals surface area (Å²) in [6.45, 7) is 2.09. The Morgan fingerprint density at radius 3 is 2.50 bits per heavy atom. The van der Waals surface area contributed by atoms with Gasteiger partial charge < -0.3 is 34.3 Å². The molecule has 3 N–H and O–H groups in total. The number of ether oxygens (including phenoxy) is 2. The van der Waals surface area contributed by atoms with Crippen LogP contribution in [-0.4, -0.2) is 46.5 Å². The van der Waals surface area contributed by atoms with Gasteiger partial charge in [0.1, 0.15) is 12.3 Å². The highest BCUT2D eigenvalue weighted by molar-refractivity contribution is 6.31. The number of hydrogen-bond donors (Lipinski definition) is 3. The van der Waals surface area contributed by atoms with Crippen molar-refractivity contribution < 1.29 is 19.4 Å². The Kier molecular flexibility index (Phi) is 3.83. The molecule has 182 valence electrons. The molecule has 5 atom stereocenters. The van der Waals surface area contributed by atoms with Gasteiger partial charge >= 0.3 is 0 Å². The molecule has 1 fully saturated rings. The minimum atomic E-state index is -1.09. The summed E-state index contributed by atoms with van der Waals surface area (Å²) in [5.74, 6) is -0.249. The van der Waals surface area contributed by atoms with Gasteiger partial charge in [-0.15, -0.1) is 0 Å². The van der Waals surface area contributed by atoms with Crippen LogP contribution in [0.4, 0.5) is 0 Å². The van der Waals surface area contributed by atoms with E-state index < -0.39 is 12.0 Å². The number of aliphatic hydroxyl groups excluding tert-OH is 1. The number of carbonyl (C=O) groups excluding carboxylic acids is 1. The van der Waals surface area contributed by atoms with Crippen LogP contribution in [0.25, 0.3) is 43.6 Å². The second-order valence-corrected chi connectivity index (χ2v) is 10.3. The van der Waals surface area contributed by atoms with Gasteiger partial charge in [0.05, 0.1) is 27.6 Å². The van der Waals surface area contributed by atoms with Crippen molar-refractivity contribution in [2.24, 2.45) is 0 Å². The summed E-state index contributed by atoms with van der Waals surface area (Å²) in [4.78, 5) is 13.4. The first-order valence-electron chi connectivity index (χ1n) is 12.4. The molecule has 0 radical (unpaired) electrons. The van der Waals surface area contributed by atoms with E-state index in [1.807, 2.05) is 31.3 Å². The van der Waals surface area contributed by atoms with Crippen molar-refractivity contribution >= 4 is 49.5 Å². The summed E-state index contributed by atoms with van der Waals surface area (Å²) in [5, 5.41) is 21.1. The van der Waals surface area contributed by atoms with Crippen LogP contribution in [-0.2, 0) is 15.2 Å². The highest BCUT2D eigenvalue weighted by Gasteiger charge is 2.53. The lowest BCUT2D eigenvalue weighted by Crippen LogP contribution is -2.59. The zero-order valence-electron chi connectivity index (χ0n) is 20.2. The van der Waals surface area contributed by atoms with E-state index in [0.29, 0.717) is 17.5 Å². The van der Waals surface area contributed by atoms with Crippen molar-refractivity contribution in [3.8, 4) is 0 Å². The van der Waals surface area contributed by atoms with Crippen molar-refractivity contribution in [1.82, 2.24) is 19.8 Å². The molecule has 5 aromatic rings. The Balaban J connectivity index is 1.73. The Bertz CT molecular complexity index is 1790. The Morgan fingerprint density at radius 1 is 1.08 bits per heavy atom. The van der Waals surface area contributed by atoms with Gasteiger partial charge in [-0.05, 0) is 26.1 Å². The van der Waals surface area contributed by atoms with Crippen molar-refractivity contribution in [1.29, 1.82) is 0 Å². The Morgan fingerprint density at radius 2 is 1.78 bits per heavy atom. The largest absolute Gasteiger partial charge is 0.375 e. The molecule has 0 unspecified atom stereocenters. The van der Waals surface area contributed by atoms with Gasteiger partial charge in [0.25, 0.3) is 5.91 Å². The monoisotopic (exact) mass is 482 g/mol. The van der Waals surface area contributed by atoms with Gasteiger partial charge in [-0.25, -0.2) is 0 Å². The van der Waals surface area contributed by atoms with Gasteiger partial charge in [0.2, 0.25) is 0 Å². The third kappa shape index (κ3) is 2.15. The fraction of sp³-hybridized carbons (Fsp3) is 0.321. The maximum Gasteiger partial charge on any atom is 0.254 e. The van der Waals surface area contributed by atoms with Gasteiger partial charge in [-0.3, -0.25) is 4.79 Å². The minimum Gasteiger partial charge on any atom is -0.375 e. The number of carbonyl (C=O) groups is 1. The van der Waals surface area contributed by atoms with Crippen LogP contribution >= 0.6 is 0 Å². The van der Waals surface area contributed by atoms with E-state index in [1.54, 1.807) is 7.11 Å². The number of nitrogens with one attached hydrogen (secondary N) is 2. The molecule has 2 aromatic heterocycles. The minimum absolute atomic E-state index is 0.0289. The van der Waals surface area contributed by atoms with Gasteiger partial charge in [0, 0.05) is 46.7 Å². The van der Waals surface area contributed by atoms with Crippen molar-refractivity contribution in [3.05, 3.63) is 59.7 Å². The number of amides is 1. The summed E-state index contributed by atoms with van der Waals surface area (Å²) >= 11 is 0. The average Bonchev–Trinajstić information content (AvgIpc) is 3.48. The van der Waals surface area contributed by atoms with E-state index >= 15 is 0 Å². The molecule has 3 aliphatic rings. The van der Waals surface area contributed by atoms with Crippen LogP contribution in [0.15, 0.2) is 48.5 Å². The second kappa shape index (κ2) is 6.66. The summed E-state index contributed by atoms with van der Waals surface area (Å²) in [6.07, 6.45) is -0.941. The molecule has 8 nitrogen and oxygen atoms in total. The molecular weight excluding hydrogens is 456 g/mol. The number of methoxy groups -OCH3 is 1. The lowest BCUT2D eigenvalue weighted by Gasteiger charge is -2.48. The van der Waals surface area contributed by atoms with E-state index in [1.165, 1.54) is 0 Å². The summed E-state index contributed by atoms with van der Waals surface area (Å²) < 4.78 is 17.7. The molecule has 3 aromatic carbocycles. The second-order valence-electron chi connectivity index (χ2n) is 10.3. The van der Waals surface area contributed by atoms with Gasteiger partial charge in [-0.2, -0.15) is 0 Å². The molecular formula is C28H26N4O4. The van der Waals surface area contributed by atoms with E-state index in [4.69, 9.17) is 9.47 Å². The van der Waals surface area contributed by atoms with E-state index in [-0.39, 0.29) is 24.3 Å². The third-order valence-corrected chi connectivity index (χ3v) is 8.65. The maximum absolute atomic E-state index is 13.4. The SMILES string of the molecule is CN[C@H]1C[C@H]2O[C@](C)([C@H]1OC)n1c3ccccc3c3c4c(c5c6ccccc6n2c5c31)C(=O)N[C@@H]4O. The first kappa shape index (κ1) is 20.7. The predicted molar refractivity (Wildman–Crippen MR) is 137 cm³/mol. The third-order valence-electron chi connectivity index (χ3n) is 8.65. The van der Waals surface area contributed by atoms with E-state index in [9.17, 15) is 9.90 Å². The number of aromatic nitrogens is 2. The fourth-order valence-corrected chi connectivity index (χ4v) is 7.38. The number of hydrogen-bond acceptors (Lipinski definition) is 5. The maximum atomic E-state index is 13.4. The van der Waals surface area contributed by atoms with Crippen LogP contribution in [0.3, 0.4) is 0 Å². The first-order chi connectivity index (χ1) is 17.5. The number of benzene rings is 3. The first-order valence-corrected chi connectivity index (χ1v) is 12.4. The van der Waals surface area contributed by atoms with Crippen LogP contribution in [0, 0.1) is 0 Å². The van der Waals surface area contributed by atoms with Crippen LogP contribution in [0.5, 0.6) is 0 Å². The molecule has 1 saturated heterocycles. The number of aliphatic hydroxyl groups is 1. The average molecular weight is 483 g/mol. The van der Waals surface area contributed by atoms with Crippen LogP contribution < -0.4 is 10.6 Å². The quantitative estimate of drug-likeness (QED) is 0.356. The van der Waals surface area contributed by atoms with E-state index in [2.05, 4.69) is 51.0 Å². The highest BCUT2D eigenvalue weighted by atomic mass is 16.6. The van der Waals surface area contributed by atoms with Gasteiger partial charge in [-0.1, -0.05) is 36.4 Å². The zero-order valence-corrected chi connectivity index (χ0v) is 20.2. The molecule has 8 heteroatoms. The molecule has 0 aliphatic carbocycles. The molecule has 0 spiro atoms. The number of rotatable bonds is 2. The molecule has 8 rings (SSSR count). The Labute approximate surface area is 206 Å². The summed E-state index contributed by atoms with van der Waals surface area (Å²) in [7, 11) is 3.70. The normalized spacial score (nSPS) is 28.9. The fourth-order valence-electron chi connectivity index (χ4n) is 7.38. The smallest absolute Gasteiger partial charge is 0.254 e. The van der Waals surface area contributed by atoms with Crippen molar-refractivity contribution in [3.63, 3.8) is 0 Å². The molecule has 3 aliphatic heterocycles. The predicted octanol–water partition coefficient (Wildman–Crippen LogP) is 3.84. The van der Waals surface area contributed by atoms with Crippen molar-refractivity contribution in [2.75, 3.05) is 14.2 Å². The summed E-state index contributed by atoms with van der Waals surface area (Å²) in [5.41, 5.74) is 4.25. The molecule has 2 bridgehead atoms. The molecule has 5 heterocycles. The van der Waals surface area contributed by atoms with Crippen LogP contribution in [0.1, 0.15) is 41.7 Å². The topological polar surface area (TPSA) is 89.7 Å².